The summed E-state index contributed by atoms with van der Waals surface area (Å²) in [5, 5.41) is 8.82. The number of allylic oxidation sites excluding steroid dienone is 2. The molecule has 1 N–H and O–H groups in total. The highest BCUT2D eigenvalue weighted by molar-refractivity contribution is 5.61. The van der Waals surface area contributed by atoms with Crippen molar-refractivity contribution in [2.45, 2.75) is 6.10 Å². The number of aldehydes is 1. The van der Waals surface area contributed by atoms with Gasteiger partial charge in [0.1, 0.15) is 5.76 Å². The van der Waals surface area contributed by atoms with Crippen LogP contribution in [-0.4, -0.2) is 17.5 Å². The molecule has 0 radical (unpaired) electrons. The second kappa shape index (κ2) is 2.35. The Hall–Kier alpha value is -1.25. The molecule has 9 heavy (non-hydrogen) atoms. The molecule has 1 aliphatic heterocycles. The largest absolute Gasteiger partial charge is 0.508 e. The maximum Gasteiger partial charge on any atom is 0.209 e. The Bertz CT molecular complexity index is 169. The van der Waals surface area contributed by atoms with Crippen LogP contribution < -0.4 is 0 Å². The van der Waals surface area contributed by atoms with Gasteiger partial charge in [0, 0.05) is 0 Å². The first-order valence-electron chi connectivity index (χ1n) is 2.51. The molecule has 3 heteroatoms. The second-order valence-corrected chi connectivity index (χ2v) is 1.61. The summed E-state index contributed by atoms with van der Waals surface area (Å²) in [6.07, 6.45) is 4.04. The summed E-state index contributed by atoms with van der Waals surface area (Å²) in [4.78, 5) is 10.0. The number of carbonyl (C=O) groups is 1. The van der Waals surface area contributed by atoms with E-state index in [0.717, 1.165) is 0 Å². The summed E-state index contributed by atoms with van der Waals surface area (Å²) in [5.41, 5.74) is 0. The predicted octanol–water partition coefficient (Wildman–Crippen LogP) is 0.540. The normalized spacial score (nSPS) is 24.4. The van der Waals surface area contributed by atoms with Gasteiger partial charge in [0.2, 0.25) is 6.10 Å². The Morgan fingerprint density at radius 3 is 3.00 bits per heavy atom. The first-order chi connectivity index (χ1) is 4.34. The number of hydrogen-bond acceptors (Lipinski definition) is 3. The van der Waals surface area contributed by atoms with Gasteiger partial charge >= 0.3 is 0 Å². The summed E-state index contributed by atoms with van der Waals surface area (Å²) in [6, 6.07) is 0. The summed E-state index contributed by atoms with van der Waals surface area (Å²) in [6.45, 7) is 0. The molecule has 0 saturated carbocycles. The van der Waals surface area contributed by atoms with E-state index in [0.29, 0.717) is 6.29 Å². The summed E-state index contributed by atoms with van der Waals surface area (Å²) in [7, 11) is 0. The van der Waals surface area contributed by atoms with Gasteiger partial charge in [-0.05, 0) is 12.2 Å². The van der Waals surface area contributed by atoms with Crippen molar-refractivity contribution in [3.8, 4) is 0 Å². The second-order valence-electron chi connectivity index (χ2n) is 1.61. The molecule has 0 aromatic carbocycles. The average molecular weight is 126 g/mol. The van der Waals surface area contributed by atoms with Crippen molar-refractivity contribution < 1.29 is 14.6 Å². The van der Waals surface area contributed by atoms with Gasteiger partial charge in [-0.3, -0.25) is 4.79 Å². The monoisotopic (exact) mass is 126 g/mol. The van der Waals surface area contributed by atoms with E-state index in [2.05, 4.69) is 4.74 Å². The van der Waals surface area contributed by atoms with Crippen LogP contribution in [0.4, 0.5) is 0 Å². The van der Waals surface area contributed by atoms with Crippen LogP contribution in [-0.2, 0) is 9.53 Å². The van der Waals surface area contributed by atoms with E-state index in [1.807, 2.05) is 0 Å². The predicted molar refractivity (Wildman–Crippen MR) is 30.8 cm³/mol. The zero-order chi connectivity index (χ0) is 6.69. The minimum absolute atomic E-state index is 0.0486. The van der Waals surface area contributed by atoms with E-state index in [-0.39, 0.29) is 5.76 Å². The highest BCUT2D eigenvalue weighted by atomic mass is 16.5. The maximum atomic E-state index is 10.0. The van der Waals surface area contributed by atoms with Gasteiger partial charge in [-0.1, -0.05) is 0 Å². The Labute approximate surface area is 52.2 Å². The SMILES string of the molecule is O=CC1OC=CC=C1O. The Morgan fingerprint density at radius 1 is 1.78 bits per heavy atom. The van der Waals surface area contributed by atoms with Crippen LogP contribution >= 0.6 is 0 Å². The van der Waals surface area contributed by atoms with Gasteiger partial charge < -0.3 is 9.84 Å². The lowest BCUT2D eigenvalue weighted by Gasteiger charge is -2.10. The zero-order valence-corrected chi connectivity index (χ0v) is 4.65. The van der Waals surface area contributed by atoms with Gasteiger partial charge in [-0.15, -0.1) is 0 Å². The van der Waals surface area contributed by atoms with Crippen molar-refractivity contribution in [1.29, 1.82) is 0 Å². The molecule has 0 bridgehead atoms. The topological polar surface area (TPSA) is 46.5 Å². The lowest BCUT2D eigenvalue weighted by Crippen LogP contribution is -2.16. The van der Waals surface area contributed by atoms with E-state index in [1.165, 1.54) is 18.4 Å². The van der Waals surface area contributed by atoms with E-state index >= 15 is 0 Å². The maximum absolute atomic E-state index is 10.0. The van der Waals surface area contributed by atoms with E-state index < -0.39 is 6.10 Å². The lowest BCUT2D eigenvalue weighted by atomic mass is 10.3. The van der Waals surface area contributed by atoms with Crippen LogP contribution in [0, 0.1) is 0 Å². The molecule has 0 amide bonds. The van der Waals surface area contributed by atoms with Gasteiger partial charge in [-0.25, -0.2) is 0 Å². The molecule has 0 aromatic heterocycles. The number of ether oxygens (including phenoxy) is 1. The molecule has 3 nitrogen and oxygen atoms in total. The molecule has 48 valence electrons. The average Bonchev–Trinajstić information content (AvgIpc) is 1.89. The van der Waals surface area contributed by atoms with Crippen LogP contribution in [0.2, 0.25) is 0 Å². The van der Waals surface area contributed by atoms with Crippen molar-refractivity contribution in [3.63, 3.8) is 0 Å². The number of rotatable bonds is 1. The molecular weight excluding hydrogens is 120 g/mol. The number of carbonyl (C=O) groups excluding carboxylic acids is 1. The summed E-state index contributed by atoms with van der Waals surface area (Å²) >= 11 is 0. The third kappa shape index (κ3) is 1.10. The lowest BCUT2D eigenvalue weighted by molar-refractivity contribution is -0.114. The molecule has 0 saturated heterocycles. The molecule has 1 rings (SSSR count). The van der Waals surface area contributed by atoms with Crippen molar-refractivity contribution in [2.24, 2.45) is 0 Å². The Morgan fingerprint density at radius 2 is 2.56 bits per heavy atom. The quantitative estimate of drug-likeness (QED) is 0.521. The molecule has 0 aromatic rings. The fraction of sp³-hybridized carbons (Fsp3) is 0.167. The standard InChI is InChI=1S/C6H6O3/c7-4-6-5(8)2-1-3-9-6/h1-4,6,8H. The molecule has 0 spiro atoms. The highest BCUT2D eigenvalue weighted by Crippen LogP contribution is 2.06. The van der Waals surface area contributed by atoms with Crippen LogP contribution in [0.3, 0.4) is 0 Å². The van der Waals surface area contributed by atoms with Crippen molar-refractivity contribution in [2.75, 3.05) is 0 Å². The number of aliphatic hydroxyl groups is 1. The zero-order valence-electron chi connectivity index (χ0n) is 4.65. The molecule has 1 aliphatic rings. The fourth-order valence-corrected chi connectivity index (χ4v) is 0.534. The Kier molecular flexibility index (Phi) is 1.53. The minimum Gasteiger partial charge on any atom is -0.508 e. The molecular formula is C6H6O3. The smallest absolute Gasteiger partial charge is 0.209 e. The first kappa shape index (κ1) is 5.88. The third-order valence-electron chi connectivity index (χ3n) is 0.986. The Balaban J connectivity index is 2.69. The molecule has 1 atom stereocenters. The first-order valence-corrected chi connectivity index (χ1v) is 2.51. The number of aliphatic hydroxyl groups excluding tert-OH is 1. The van der Waals surface area contributed by atoms with Crippen LogP contribution in [0.15, 0.2) is 24.2 Å². The van der Waals surface area contributed by atoms with E-state index in [9.17, 15) is 4.79 Å². The summed E-state index contributed by atoms with van der Waals surface area (Å²) < 4.78 is 4.67. The third-order valence-corrected chi connectivity index (χ3v) is 0.986. The van der Waals surface area contributed by atoms with Gasteiger partial charge in [0.15, 0.2) is 6.29 Å². The summed E-state index contributed by atoms with van der Waals surface area (Å²) in [5.74, 6) is -0.0486. The van der Waals surface area contributed by atoms with Crippen LogP contribution in [0.25, 0.3) is 0 Å². The van der Waals surface area contributed by atoms with Gasteiger partial charge in [0.05, 0.1) is 6.26 Å². The number of hydrogen-bond donors (Lipinski definition) is 1. The van der Waals surface area contributed by atoms with Crippen LogP contribution in [0.1, 0.15) is 0 Å². The van der Waals surface area contributed by atoms with E-state index in [4.69, 9.17) is 5.11 Å². The molecule has 0 fully saturated rings. The fourth-order valence-electron chi connectivity index (χ4n) is 0.534. The molecule has 1 heterocycles. The highest BCUT2D eigenvalue weighted by Gasteiger charge is 2.12. The van der Waals surface area contributed by atoms with E-state index in [1.54, 1.807) is 0 Å². The van der Waals surface area contributed by atoms with Gasteiger partial charge in [0.25, 0.3) is 0 Å². The molecule has 1 unspecified atom stereocenters. The van der Waals surface area contributed by atoms with Crippen LogP contribution in [0.5, 0.6) is 0 Å². The van der Waals surface area contributed by atoms with Crippen molar-refractivity contribution in [3.05, 3.63) is 24.2 Å². The molecule has 0 aliphatic carbocycles. The minimum atomic E-state index is -0.796. The van der Waals surface area contributed by atoms with Gasteiger partial charge in [-0.2, -0.15) is 0 Å². The van der Waals surface area contributed by atoms with Crippen molar-refractivity contribution >= 4 is 6.29 Å². The van der Waals surface area contributed by atoms with Crippen molar-refractivity contribution in [1.82, 2.24) is 0 Å².